The van der Waals surface area contributed by atoms with E-state index in [0.717, 1.165) is 34.1 Å². The highest BCUT2D eigenvalue weighted by atomic mass is 32.2. The van der Waals surface area contributed by atoms with Crippen molar-refractivity contribution in [3.8, 4) is 0 Å². The Morgan fingerprint density at radius 1 is 1.14 bits per heavy atom. The average molecular weight is 521 g/mol. The molecule has 13 nitrogen and oxygen atoms in total. The fourth-order valence-electron chi connectivity index (χ4n) is 3.59. The summed E-state index contributed by atoms with van der Waals surface area (Å²) >= 11 is 0. The number of rotatable bonds is 10. The SMILES string of the molecule is O=C(NC[C@H](NC(=O)[C@@H]1CCCN1S(=O)(=O)c1ccc([N+](=O)[O-])cc1)C(=O)O)OCc1ccccc1. The van der Waals surface area contributed by atoms with Crippen LogP contribution in [-0.2, 0) is 31.0 Å². The third kappa shape index (κ3) is 6.55. The van der Waals surface area contributed by atoms with E-state index in [9.17, 15) is 38.0 Å². The van der Waals surface area contributed by atoms with Gasteiger partial charge in [-0.05, 0) is 30.5 Å². The molecule has 2 atom stereocenters. The van der Waals surface area contributed by atoms with E-state index in [4.69, 9.17) is 4.74 Å². The highest BCUT2D eigenvalue weighted by Gasteiger charge is 2.40. The molecule has 1 saturated heterocycles. The lowest BCUT2D eigenvalue weighted by atomic mass is 10.2. The number of sulfonamides is 1. The van der Waals surface area contributed by atoms with E-state index in [1.165, 1.54) is 0 Å². The van der Waals surface area contributed by atoms with Crippen LogP contribution >= 0.6 is 0 Å². The van der Waals surface area contributed by atoms with Crippen molar-refractivity contribution in [1.29, 1.82) is 0 Å². The Morgan fingerprint density at radius 2 is 1.81 bits per heavy atom. The van der Waals surface area contributed by atoms with Crippen molar-refractivity contribution >= 4 is 33.7 Å². The topological polar surface area (TPSA) is 185 Å². The number of nitrogens with one attached hydrogen (secondary N) is 2. The van der Waals surface area contributed by atoms with E-state index in [1.807, 2.05) is 0 Å². The van der Waals surface area contributed by atoms with Crippen LogP contribution in [0.1, 0.15) is 18.4 Å². The summed E-state index contributed by atoms with van der Waals surface area (Å²) < 4.78 is 32.0. The number of non-ortho nitro benzene ring substituents is 1. The maximum Gasteiger partial charge on any atom is 0.407 e. The van der Waals surface area contributed by atoms with Gasteiger partial charge in [-0.25, -0.2) is 18.0 Å². The van der Waals surface area contributed by atoms with Crippen LogP contribution in [0, 0.1) is 10.1 Å². The minimum Gasteiger partial charge on any atom is -0.480 e. The van der Waals surface area contributed by atoms with Crippen molar-refractivity contribution in [3.05, 3.63) is 70.3 Å². The number of nitro benzene ring substituents is 1. The van der Waals surface area contributed by atoms with E-state index in [-0.39, 0.29) is 30.2 Å². The Hall–Kier alpha value is -4.04. The van der Waals surface area contributed by atoms with Crippen LogP contribution < -0.4 is 10.6 Å². The Labute approximate surface area is 206 Å². The van der Waals surface area contributed by atoms with Crippen molar-refractivity contribution in [3.63, 3.8) is 0 Å². The van der Waals surface area contributed by atoms with Crippen LogP contribution in [0.5, 0.6) is 0 Å². The van der Waals surface area contributed by atoms with Gasteiger partial charge in [0, 0.05) is 18.7 Å². The first-order valence-corrected chi connectivity index (χ1v) is 12.3. The lowest BCUT2D eigenvalue weighted by Crippen LogP contribution is -2.54. The van der Waals surface area contributed by atoms with Gasteiger partial charge in [-0.3, -0.25) is 14.9 Å². The molecule has 0 radical (unpaired) electrons. The summed E-state index contributed by atoms with van der Waals surface area (Å²) in [6.45, 7) is -0.510. The summed E-state index contributed by atoms with van der Waals surface area (Å²) in [6, 6.07) is 10.3. The molecule has 192 valence electrons. The maximum atomic E-state index is 13.0. The van der Waals surface area contributed by atoms with Gasteiger partial charge in [0.2, 0.25) is 15.9 Å². The number of carbonyl (C=O) groups is 3. The van der Waals surface area contributed by atoms with Crippen molar-refractivity contribution in [2.24, 2.45) is 0 Å². The standard InChI is InChI=1S/C22H24N4O9S/c27-20(24-18(21(28)29)13-23-22(30)35-14-15-5-2-1-3-6-15)19-7-4-12-25(19)36(33,34)17-10-8-16(9-11-17)26(31)32/h1-3,5-6,8-11,18-19H,4,7,12-14H2,(H,23,30)(H,24,27)(H,28,29)/t18-,19-/m0/s1. The molecule has 2 amide bonds. The number of amides is 2. The number of nitro groups is 1. The molecule has 1 aliphatic rings. The van der Waals surface area contributed by atoms with Gasteiger partial charge in [0.15, 0.2) is 0 Å². The van der Waals surface area contributed by atoms with Crippen LogP contribution in [0.3, 0.4) is 0 Å². The minimum absolute atomic E-state index is 0.0131. The van der Waals surface area contributed by atoms with E-state index < -0.39 is 51.5 Å². The molecule has 2 aromatic carbocycles. The first-order chi connectivity index (χ1) is 17.1. The van der Waals surface area contributed by atoms with Gasteiger partial charge in [0.05, 0.1) is 16.4 Å². The Balaban J connectivity index is 1.61. The molecule has 14 heteroatoms. The monoisotopic (exact) mass is 520 g/mol. The number of aliphatic carboxylic acids is 1. The van der Waals surface area contributed by atoms with Crippen LogP contribution in [0.4, 0.5) is 10.5 Å². The van der Waals surface area contributed by atoms with Crippen LogP contribution in [-0.4, -0.2) is 65.9 Å². The Kier molecular flexibility index (Phi) is 8.55. The number of carboxylic acid groups (broad SMARTS) is 1. The van der Waals surface area contributed by atoms with Crippen molar-refractivity contribution < 1.29 is 37.6 Å². The summed E-state index contributed by atoms with van der Waals surface area (Å²) in [5.41, 5.74) is 0.440. The van der Waals surface area contributed by atoms with E-state index in [1.54, 1.807) is 30.3 Å². The number of ether oxygens (including phenoxy) is 1. The number of carboxylic acids is 1. The second-order valence-corrected chi connectivity index (χ2v) is 9.76. The summed E-state index contributed by atoms with van der Waals surface area (Å²) in [5, 5.41) is 24.8. The molecule has 0 bridgehead atoms. The van der Waals surface area contributed by atoms with Gasteiger partial charge < -0.3 is 20.5 Å². The van der Waals surface area contributed by atoms with Crippen LogP contribution in [0.15, 0.2) is 59.5 Å². The average Bonchev–Trinajstić information content (AvgIpc) is 3.37. The molecule has 3 N–H and O–H groups in total. The quantitative estimate of drug-likeness (QED) is 0.306. The zero-order valence-corrected chi connectivity index (χ0v) is 19.7. The van der Waals surface area contributed by atoms with Crippen LogP contribution in [0.2, 0.25) is 0 Å². The zero-order valence-electron chi connectivity index (χ0n) is 18.9. The number of hydrogen-bond acceptors (Lipinski definition) is 8. The molecule has 1 aliphatic heterocycles. The van der Waals surface area contributed by atoms with Gasteiger partial charge in [0.1, 0.15) is 18.7 Å². The molecule has 0 spiro atoms. The van der Waals surface area contributed by atoms with Gasteiger partial charge in [-0.1, -0.05) is 30.3 Å². The molecule has 2 aromatic rings. The van der Waals surface area contributed by atoms with E-state index in [0.29, 0.717) is 6.42 Å². The van der Waals surface area contributed by atoms with Gasteiger partial charge in [0.25, 0.3) is 5.69 Å². The van der Waals surface area contributed by atoms with Crippen molar-refractivity contribution in [2.45, 2.75) is 36.4 Å². The summed E-state index contributed by atoms with van der Waals surface area (Å²) in [6.07, 6.45) is -0.383. The van der Waals surface area contributed by atoms with Gasteiger partial charge in [-0.2, -0.15) is 4.31 Å². The molecule has 0 aromatic heterocycles. The fourth-order valence-corrected chi connectivity index (χ4v) is 5.25. The second-order valence-electron chi connectivity index (χ2n) is 7.87. The summed E-state index contributed by atoms with van der Waals surface area (Å²) in [5.74, 6) is -2.28. The van der Waals surface area contributed by atoms with E-state index >= 15 is 0 Å². The highest BCUT2D eigenvalue weighted by molar-refractivity contribution is 7.89. The second kappa shape index (κ2) is 11.6. The lowest BCUT2D eigenvalue weighted by Gasteiger charge is -2.25. The first kappa shape index (κ1) is 26.6. The molecule has 3 rings (SSSR count). The molecule has 0 saturated carbocycles. The maximum absolute atomic E-state index is 13.0. The van der Waals surface area contributed by atoms with Gasteiger partial charge in [-0.15, -0.1) is 0 Å². The van der Waals surface area contributed by atoms with Crippen LogP contribution in [0.25, 0.3) is 0 Å². The molecule has 1 heterocycles. The lowest BCUT2D eigenvalue weighted by molar-refractivity contribution is -0.384. The third-order valence-corrected chi connectivity index (χ3v) is 7.36. The molecule has 36 heavy (non-hydrogen) atoms. The van der Waals surface area contributed by atoms with Gasteiger partial charge >= 0.3 is 12.1 Å². The third-order valence-electron chi connectivity index (χ3n) is 5.44. The molecular formula is C22H24N4O9S. The Morgan fingerprint density at radius 3 is 2.42 bits per heavy atom. The summed E-state index contributed by atoms with van der Waals surface area (Å²) in [4.78, 5) is 46.3. The first-order valence-electron chi connectivity index (χ1n) is 10.8. The summed E-state index contributed by atoms with van der Waals surface area (Å²) in [7, 11) is -4.18. The normalized spacial score (nSPS) is 16.6. The minimum atomic E-state index is -4.18. The molecule has 0 unspecified atom stereocenters. The van der Waals surface area contributed by atoms with Crippen molar-refractivity contribution in [2.75, 3.05) is 13.1 Å². The predicted octanol–water partition coefficient (Wildman–Crippen LogP) is 1.24. The number of benzene rings is 2. The number of carbonyl (C=O) groups excluding carboxylic acids is 2. The molecule has 0 aliphatic carbocycles. The van der Waals surface area contributed by atoms with E-state index in [2.05, 4.69) is 10.6 Å². The van der Waals surface area contributed by atoms with Crippen molar-refractivity contribution in [1.82, 2.24) is 14.9 Å². The number of hydrogen-bond donors (Lipinski definition) is 3. The largest absolute Gasteiger partial charge is 0.480 e. The highest BCUT2D eigenvalue weighted by Crippen LogP contribution is 2.27. The molecular weight excluding hydrogens is 496 g/mol. The Bertz CT molecular complexity index is 1220. The number of nitrogens with zero attached hydrogens (tertiary/aromatic N) is 2. The zero-order chi connectivity index (χ0) is 26.3. The number of alkyl carbamates (subject to hydrolysis) is 1. The molecule has 1 fully saturated rings. The fraction of sp³-hybridized carbons (Fsp3) is 0.318. The smallest absolute Gasteiger partial charge is 0.407 e. The predicted molar refractivity (Wildman–Crippen MR) is 124 cm³/mol.